The Hall–Kier alpha value is -1.79. The van der Waals surface area contributed by atoms with Gasteiger partial charge < -0.3 is 25.2 Å². The predicted molar refractivity (Wildman–Crippen MR) is 105 cm³/mol. The standard InChI is InChI=1S/C20H27ClN2O3/c1-15-4-3-5-16(10-15)14-26-20-18(21)11-17(12-19(20)25-2)13-23-7-6-22-8-9-24/h3-5,10-12,22-24H,6-9,13-14H2,1-2H3. The summed E-state index contributed by atoms with van der Waals surface area (Å²) in [5, 5.41) is 15.7. The van der Waals surface area contributed by atoms with Gasteiger partial charge in [-0.15, -0.1) is 0 Å². The van der Waals surface area contributed by atoms with Gasteiger partial charge in [-0.25, -0.2) is 0 Å². The van der Waals surface area contributed by atoms with E-state index in [4.69, 9.17) is 26.2 Å². The van der Waals surface area contributed by atoms with E-state index >= 15 is 0 Å². The zero-order chi connectivity index (χ0) is 18.8. The fraction of sp³-hybridized carbons (Fsp3) is 0.400. The highest BCUT2D eigenvalue weighted by molar-refractivity contribution is 6.32. The van der Waals surface area contributed by atoms with Gasteiger partial charge in [-0.1, -0.05) is 41.4 Å². The number of hydrogen-bond donors (Lipinski definition) is 3. The smallest absolute Gasteiger partial charge is 0.180 e. The molecule has 2 aromatic rings. The Labute approximate surface area is 160 Å². The number of aryl methyl sites for hydroxylation is 1. The van der Waals surface area contributed by atoms with Gasteiger partial charge in [0.05, 0.1) is 18.7 Å². The first kappa shape index (κ1) is 20.5. The number of hydrogen-bond acceptors (Lipinski definition) is 5. The third kappa shape index (κ3) is 6.50. The molecule has 142 valence electrons. The average Bonchev–Trinajstić information content (AvgIpc) is 2.63. The van der Waals surface area contributed by atoms with E-state index in [9.17, 15) is 0 Å². The average molecular weight is 379 g/mol. The Balaban J connectivity index is 1.95. The van der Waals surface area contributed by atoms with Crippen molar-refractivity contribution in [2.24, 2.45) is 0 Å². The first-order valence-electron chi connectivity index (χ1n) is 8.71. The van der Waals surface area contributed by atoms with Crippen molar-refractivity contribution in [3.63, 3.8) is 0 Å². The summed E-state index contributed by atoms with van der Waals surface area (Å²) in [7, 11) is 1.61. The van der Waals surface area contributed by atoms with Crippen LogP contribution in [0.15, 0.2) is 36.4 Å². The summed E-state index contributed by atoms with van der Waals surface area (Å²) >= 11 is 6.42. The Bertz CT molecular complexity index is 695. The van der Waals surface area contributed by atoms with Crippen molar-refractivity contribution in [1.29, 1.82) is 0 Å². The lowest BCUT2D eigenvalue weighted by Crippen LogP contribution is -2.28. The van der Waals surface area contributed by atoms with Gasteiger partial charge in [0.2, 0.25) is 0 Å². The van der Waals surface area contributed by atoms with Gasteiger partial charge in [0, 0.05) is 26.2 Å². The minimum atomic E-state index is 0.150. The molecule has 26 heavy (non-hydrogen) atoms. The molecule has 0 bridgehead atoms. The van der Waals surface area contributed by atoms with Crippen LogP contribution in [0.25, 0.3) is 0 Å². The molecule has 0 amide bonds. The second-order valence-electron chi connectivity index (χ2n) is 6.04. The zero-order valence-electron chi connectivity index (χ0n) is 15.3. The number of benzene rings is 2. The van der Waals surface area contributed by atoms with Gasteiger partial charge in [-0.2, -0.15) is 0 Å². The summed E-state index contributed by atoms with van der Waals surface area (Å²) < 4.78 is 11.4. The third-order valence-corrected chi connectivity index (χ3v) is 4.13. The summed E-state index contributed by atoms with van der Waals surface area (Å²) in [6.07, 6.45) is 0. The summed E-state index contributed by atoms with van der Waals surface area (Å²) in [4.78, 5) is 0. The molecule has 0 heterocycles. The largest absolute Gasteiger partial charge is 0.493 e. The molecule has 0 atom stereocenters. The molecule has 3 N–H and O–H groups in total. The van der Waals surface area contributed by atoms with E-state index in [-0.39, 0.29) is 6.61 Å². The van der Waals surface area contributed by atoms with E-state index in [2.05, 4.69) is 29.7 Å². The van der Waals surface area contributed by atoms with E-state index in [1.54, 1.807) is 7.11 Å². The van der Waals surface area contributed by atoms with Gasteiger partial charge >= 0.3 is 0 Å². The number of aliphatic hydroxyl groups excluding tert-OH is 1. The van der Waals surface area contributed by atoms with Crippen LogP contribution in [-0.4, -0.2) is 38.5 Å². The Morgan fingerprint density at radius 3 is 2.58 bits per heavy atom. The first-order chi connectivity index (χ1) is 12.6. The van der Waals surface area contributed by atoms with Crippen molar-refractivity contribution in [3.05, 3.63) is 58.1 Å². The van der Waals surface area contributed by atoms with Crippen LogP contribution in [0.3, 0.4) is 0 Å². The van der Waals surface area contributed by atoms with Gasteiger partial charge in [0.25, 0.3) is 0 Å². The molecule has 5 nitrogen and oxygen atoms in total. The molecule has 0 aliphatic heterocycles. The Morgan fingerprint density at radius 2 is 1.85 bits per heavy atom. The summed E-state index contributed by atoms with van der Waals surface area (Å²) in [5.74, 6) is 1.18. The SMILES string of the molecule is COc1cc(CNCCNCCO)cc(Cl)c1OCc1cccc(C)c1. The molecule has 0 radical (unpaired) electrons. The maximum Gasteiger partial charge on any atom is 0.180 e. The van der Waals surface area contributed by atoms with Crippen molar-refractivity contribution in [2.45, 2.75) is 20.1 Å². The van der Waals surface area contributed by atoms with Gasteiger partial charge in [0.1, 0.15) is 6.61 Å². The van der Waals surface area contributed by atoms with Gasteiger partial charge in [-0.05, 0) is 30.2 Å². The summed E-state index contributed by atoms with van der Waals surface area (Å²) in [6, 6.07) is 12.0. The maximum absolute atomic E-state index is 8.72. The number of ether oxygens (including phenoxy) is 2. The lowest BCUT2D eigenvalue weighted by atomic mass is 10.1. The van der Waals surface area contributed by atoms with Crippen molar-refractivity contribution in [3.8, 4) is 11.5 Å². The fourth-order valence-electron chi connectivity index (χ4n) is 2.59. The van der Waals surface area contributed by atoms with Crippen LogP contribution in [0.5, 0.6) is 11.5 Å². The van der Waals surface area contributed by atoms with Crippen LogP contribution in [0.2, 0.25) is 5.02 Å². The molecule has 0 saturated heterocycles. The van der Waals surface area contributed by atoms with Gasteiger partial charge in [0.15, 0.2) is 11.5 Å². The molecule has 2 rings (SSSR count). The minimum absolute atomic E-state index is 0.150. The number of aliphatic hydroxyl groups is 1. The highest BCUT2D eigenvalue weighted by Gasteiger charge is 2.12. The molecule has 0 spiro atoms. The first-order valence-corrected chi connectivity index (χ1v) is 9.09. The van der Waals surface area contributed by atoms with E-state index in [0.717, 1.165) is 24.2 Å². The molecule has 0 fully saturated rings. The number of nitrogens with one attached hydrogen (secondary N) is 2. The number of halogens is 1. The molecule has 0 aliphatic carbocycles. The van der Waals surface area contributed by atoms with Crippen LogP contribution >= 0.6 is 11.6 Å². The van der Waals surface area contributed by atoms with E-state index in [0.29, 0.717) is 36.2 Å². The Kier molecular flexibility index (Phi) is 8.71. The molecular weight excluding hydrogens is 352 g/mol. The molecule has 0 aromatic heterocycles. The van der Waals surface area contributed by atoms with Crippen molar-refractivity contribution in [2.75, 3.05) is 33.4 Å². The van der Waals surface area contributed by atoms with Crippen LogP contribution in [0.4, 0.5) is 0 Å². The number of rotatable bonds is 11. The number of methoxy groups -OCH3 is 1. The molecule has 0 aliphatic rings. The van der Waals surface area contributed by atoms with E-state index < -0.39 is 0 Å². The second-order valence-corrected chi connectivity index (χ2v) is 6.44. The summed E-state index contributed by atoms with van der Waals surface area (Å²) in [6.45, 7) is 5.51. The second kappa shape index (κ2) is 11.0. The topological polar surface area (TPSA) is 62.8 Å². The van der Waals surface area contributed by atoms with Crippen LogP contribution in [0.1, 0.15) is 16.7 Å². The fourth-order valence-corrected chi connectivity index (χ4v) is 2.87. The molecule has 6 heteroatoms. The lowest BCUT2D eigenvalue weighted by Gasteiger charge is -2.15. The summed E-state index contributed by atoms with van der Waals surface area (Å²) in [5.41, 5.74) is 3.31. The van der Waals surface area contributed by atoms with Crippen LogP contribution in [0, 0.1) is 6.92 Å². The molecule has 2 aromatic carbocycles. The quantitative estimate of drug-likeness (QED) is 0.525. The van der Waals surface area contributed by atoms with Crippen molar-refractivity contribution >= 4 is 11.6 Å². The Morgan fingerprint density at radius 1 is 1.04 bits per heavy atom. The normalized spacial score (nSPS) is 10.8. The molecule has 0 unspecified atom stereocenters. The highest BCUT2D eigenvalue weighted by Crippen LogP contribution is 2.37. The zero-order valence-corrected chi connectivity index (χ0v) is 16.1. The van der Waals surface area contributed by atoms with E-state index in [1.165, 1.54) is 5.56 Å². The minimum Gasteiger partial charge on any atom is -0.493 e. The predicted octanol–water partition coefficient (Wildman–Crippen LogP) is 2.91. The highest BCUT2D eigenvalue weighted by atomic mass is 35.5. The van der Waals surface area contributed by atoms with Crippen molar-refractivity contribution < 1.29 is 14.6 Å². The lowest BCUT2D eigenvalue weighted by molar-refractivity contribution is 0.284. The van der Waals surface area contributed by atoms with Gasteiger partial charge in [-0.3, -0.25) is 0 Å². The van der Waals surface area contributed by atoms with Crippen LogP contribution in [-0.2, 0) is 13.2 Å². The molecule has 0 saturated carbocycles. The maximum atomic E-state index is 8.72. The monoisotopic (exact) mass is 378 g/mol. The van der Waals surface area contributed by atoms with Crippen molar-refractivity contribution in [1.82, 2.24) is 10.6 Å². The van der Waals surface area contributed by atoms with Crippen LogP contribution < -0.4 is 20.1 Å². The third-order valence-electron chi connectivity index (χ3n) is 3.85. The molecular formula is C20H27ClN2O3. The van der Waals surface area contributed by atoms with E-state index in [1.807, 2.05) is 24.3 Å².